The van der Waals surface area contributed by atoms with Gasteiger partial charge < -0.3 is 15.5 Å². The third-order valence-corrected chi connectivity index (χ3v) is 2.25. The van der Waals surface area contributed by atoms with Crippen molar-refractivity contribution in [2.24, 2.45) is 0 Å². The second-order valence-corrected chi connectivity index (χ2v) is 3.90. The van der Waals surface area contributed by atoms with Gasteiger partial charge in [0.1, 0.15) is 11.6 Å². The van der Waals surface area contributed by atoms with E-state index < -0.39 is 0 Å². The smallest absolute Gasteiger partial charge is 0.223 e. The van der Waals surface area contributed by atoms with E-state index in [1.54, 1.807) is 19.0 Å². The Labute approximate surface area is 102 Å². The molecule has 1 rings (SSSR count). The van der Waals surface area contributed by atoms with E-state index in [9.17, 15) is 4.79 Å². The molecule has 0 saturated heterocycles. The molecule has 17 heavy (non-hydrogen) atoms. The summed E-state index contributed by atoms with van der Waals surface area (Å²) in [6.45, 7) is 3.46. The molecule has 0 aliphatic heterocycles. The normalized spacial score (nSPS) is 9.82. The summed E-state index contributed by atoms with van der Waals surface area (Å²) in [7, 11) is 3.51. The molecule has 94 valence electrons. The number of hydrogen-bond acceptors (Lipinski definition) is 4. The van der Waals surface area contributed by atoms with Gasteiger partial charge in [-0.15, -0.1) is 0 Å². The quantitative estimate of drug-likeness (QED) is 0.784. The van der Waals surface area contributed by atoms with Crippen LogP contribution in [0.3, 0.4) is 0 Å². The van der Waals surface area contributed by atoms with Crippen LogP contribution in [-0.4, -0.2) is 43.0 Å². The molecule has 2 N–H and O–H groups in total. The highest BCUT2D eigenvalue weighted by atomic mass is 16.2. The van der Waals surface area contributed by atoms with Gasteiger partial charge in [-0.05, 0) is 19.1 Å². The summed E-state index contributed by atoms with van der Waals surface area (Å²) in [4.78, 5) is 17.3. The number of rotatable bonds is 6. The van der Waals surface area contributed by atoms with E-state index in [0.29, 0.717) is 13.0 Å². The summed E-state index contributed by atoms with van der Waals surface area (Å²) in [6.07, 6.45) is 0.472. The molecular formula is C12H20N4O. The fourth-order valence-electron chi connectivity index (χ4n) is 1.33. The van der Waals surface area contributed by atoms with Crippen LogP contribution in [0.1, 0.15) is 13.3 Å². The molecule has 0 saturated carbocycles. The Balaban J connectivity index is 2.41. The van der Waals surface area contributed by atoms with E-state index in [1.807, 2.05) is 25.1 Å². The van der Waals surface area contributed by atoms with Crippen molar-refractivity contribution < 1.29 is 4.79 Å². The highest BCUT2D eigenvalue weighted by Gasteiger charge is 2.03. The number of nitrogens with zero attached hydrogens (tertiary/aromatic N) is 2. The van der Waals surface area contributed by atoms with E-state index in [1.165, 1.54) is 0 Å². The second kappa shape index (κ2) is 6.73. The van der Waals surface area contributed by atoms with Gasteiger partial charge in [-0.3, -0.25) is 4.79 Å². The number of anilines is 2. The molecule has 0 aliphatic rings. The maximum Gasteiger partial charge on any atom is 0.223 e. The highest BCUT2D eigenvalue weighted by molar-refractivity contribution is 5.76. The van der Waals surface area contributed by atoms with Crippen molar-refractivity contribution in [2.75, 3.05) is 37.8 Å². The molecule has 0 spiro atoms. The zero-order valence-corrected chi connectivity index (χ0v) is 10.7. The lowest BCUT2D eigenvalue weighted by molar-refractivity contribution is -0.128. The summed E-state index contributed by atoms with van der Waals surface area (Å²) < 4.78 is 0. The maximum atomic E-state index is 11.4. The first kappa shape index (κ1) is 13.3. The fraction of sp³-hybridized carbons (Fsp3) is 0.500. The van der Waals surface area contributed by atoms with Gasteiger partial charge >= 0.3 is 0 Å². The number of hydrogen-bond donors (Lipinski definition) is 2. The van der Waals surface area contributed by atoms with Crippen molar-refractivity contribution in [3.8, 4) is 0 Å². The number of pyridine rings is 1. The van der Waals surface area contributed by atoms with Gasteiger partial charge in [0.2, 0.25) is 5.91 Å². The van der Waals surface area contributed by atoms with Gasteiger partial charge in [0, 0.05) is 33.6 Å². The minimum Gasteiger partial charge on any atom is -0.370 e. The predicted molar refractivity (Wildman–Crippen MR) is 70.2 cm³/mol. The molecule has 5 heteroatoms. The standard InChI is InChI=1S/C12H20N4O/c1-4-13-10-6-5-7-11(15-10)14-9-8-12(17)16(2)3/h5-7H,4,8-9H2,1-3H3,(H2,13,14,15). The van der Waals surface area contributed by atoms with Crippen LogP contribution in [0.25, 0.3) is 0 Å². The van der Waals surface area contributed by atoms with Crippen LogP contribution in [0, 0.1) is 0 Å². The molecule has 5 nitrogen and oxygen atoms in total. The summed E-state index contributed by atoms with van der Waals surface area (Å²) in [5, 5.41) is 6.27. The Bertz CT molecular complexity index is 365. The van der Waals surface area contributed by atoms with Gasteiger partial charge in [-0.2, -0.15) is 0 Å². The zero-order chi connectivity index (χ0) is 12.7. The minimum atomic E-state index is 0.111. The molecule has 1 aromatic heterocycles. The first-order valence-electron chi connectivity index (χ1n) is 5.78. The molecule has 0 aromatic carbocycles. The van der Waals surface area contributed by atoms with E-state index in [-0.39, 0.29) is 5.91 Å². The Kier molecular flexibility index (Phi) is 5.26. The Hall–Kier alpha value is -1.78. The van der Waals surface area contributed by atoms with Crippen LogP contribution in [0.15, 0.2) is 18.2 Å². The fourth-order valence-corrected chi connectivity index (χ4v) is 1.33. The first-order chi connectivity index (χ1) is 8.13. The lowest BCUT2D eigenvalue weighted by Gasteiger charge is -2.11. The molecular weight excluding hydrogens is 216 g/mol. The SMILES string of the molecule is CCNc1cccc(NCCC(=O)N(C)C)n1. The van der Waals surface area contributed by atoms with Gasteiger partial charge in [0.15, 0.2) is 0 Å². The van der Waals surface area contributed by atoms with Crippen LogP contribution in [0.5, 0.6) is 0 Å². The third-order valence-electron chi connectivity index (χ3n) is 2.25. The van der Waals surface area contributed by atoms with Crippen LogP contribution in [0.4, 0.5) is 11.6 Å². The highest BCUT2D eigenvalue weighted by Crippen LogP contribution is 2.08. The predicted octanol–water partition coefficient (Wildman–Crippen LogP) is 1.40. The largest absolute Gasteiger partial charge is 0.370 e. The topological polar surface area (TPSA) is 57.3 Å². The average Bonchev–Trinajstić information content (AvgIpc) is 2.29. The number of aromatic nitrogens is 1. The van der Waals surface area contributed by atoms with Crippen LogP contribution >= 0.6 is 0 Å². The average molecular weight is 236 g/mol. The van der Waals surface area contributed by atoms with Crippen molar-refractivity contribution in [1.29, 1.82) is 0 Å². The van der Waals surface area contributed by atoms with Crippen molar-refractivity contribution >= 4 is 17.5 Å². The number of carbonyl (C=O) groups excluding carboxylic acids is 1. The van der Waals surface area contributed by atoms with Crippen LogP contribution in [0.2, 0.25) is 0 Å². The number of carbonyl (C=O) groups is 1. The van der Waals surface area contributed by atoms with E-state index in [0.717, 1.165) is 18.2 Å². The summed E-state index contributed by atoms with van der Waals surface area (Å²) in [6, 6.07) is 5.74. The lowest BCUT2D eigenvalue weighted by atomic mass is 10.3. The molecule has 0 bridgehead atoms. The van der Waals surface area contributed by atoms with Crippen molar-refractivity contribution in [3.63, 3.8) is 0 Å². The van der Waals surface area contributed by atoms with Crippen molar-refractivity contribution in [1.82, 2.24) is 9.88 Å². The van der Waals surface area contributed by atoms with Crippen molar-refractivity contribution in [2.45, 2.75) is 13.3 Å². The first-order valence-corrected chi connectivity index (χ1v) is 5.78. The summed E-state index contributed by atoms with van der Waals surface area (Å²) >= 11 is 0. The summed E-state index contributed by atoms with van der Waals surface area (Å²) in [5.74, 6) is 1.74. The molecule has 1 aromatic rings. The van der Waals surface area contributed by atoms with Gasteiger partial charge in [-0.1, -0.05) is 6.07 Å². The van der Waals surface area contributed by atoms with E-state index in [2.05, 4.69) is 15.6 Å². The molecule has 0 aliphatic carbocycles. The lowest BCUT2D eigenvalue weighted by Crippen LogP contribution is -2.24. The van der Waals surface area contributed by atoms with E-state index in [4.69, 9.17) is 0 Å². The second-order valence-electron chi connectivity index (χ2n) is 3.90. The van der Waals surface area contributed by atoms with E-state index >= 15 is 0 Å². The molecule has 0 atom stereocenters. The Morgan fingerprint density at radius 3 is 2.53 bits per heavy atom. The Morgan fingerprint density at radius 1 is 1.29 bits per heavy atom. The van der Waals surface area contributed by atoms with Gasteiger partial charge in [0.25, 0.3) is 0 Å². The van der Waals surface area contributed by atoms with Gasteiger partial charge in [0.05, 0.1) is 0 Å². The van der Waals surface area contributed by atoms with Crippen LogP contribution in [-0.2, 0) is 4.79 Å². The molecule has 0 fully saturated rings. The van der Waals surface area contributed by atoms with Gasteiger partial charge in [-0.25, -0.2) is 4.98 Å². The molecule has 0 radical (unpaired) electrons. The molecule has 1 amide bonds. The van der Waals surface area contributed by atoms with Crippen LogP contribution < -0.4 is 10.6 Å². The molecule has 0 unspecified atom stereocenters. The monoisotopic (exact) mass is 236 g/mol. The zero-order valence-electron chi connectivity index (χ0n) is 10.7. The summed E-state index contributed by atoms with van der Waals surface area (Å²) in [5.41, 5.74) is 0. The van der Waals surface area contributed by atoms with Crippen molar-refractivity contribution in [3.05, 3.63) is 18.2 Å². The Morgan fingerprint density at radius 2 is 1.94 bits per heavy atom. The molecule has 1 heterocycles. The maximum absolute atomic E-state index is 11.4. The third kappa shape index (κ3) is 4.72. The minimum absolute atomic E-state index is 0.111. The number of nitrogens with one attached hydrogen (secondary N) is 2. The number of amides is 1.